The van der Waals surface area contributed by atoms with Crippen LogP contribution < -0.4 is 10.6 Å². The molecule has 0 aliphatic carbocycles. The zero-order valence-corrected chi connectivity index (χ0v) is 18.9. The summed E-state index contributed by atoms with van der Waals surface area (Å²) in [5.74, 6) is -1.90. The standard InChI is InChI=1S/C18H32F3N3O2S.CH4O/c1-16(2)11-13(12-17(3,4)24(16)27)23-14(25)9-7-5-6-8-10-22-15(26)18(19,20)21;1-2/h13,27H,5-12H2,1-4H3,(H,22,26)(H,23,25);2H,1H3. The van der Waals surface area contributed by atoms with Gasteiger partial charge in [0, 0.05) is 37.2 Å². The van der Waals surface area contributed by atoms with Gasteiger partial charge in [-0.05, 0) is 53.4 Å². The van der Waals surface area contributed by atoms with E-state index in [9.17, 15) is 22.8 Å². The van der Waals surface area contributed by atoms with Gasteiger partial charge in [-0.2, -0.15) is 13.2 Å². The van der Waals surface area contributed by atoms with Gasteiger partial charge in [-0.3, -0.25) is 9.59 Å². The van der Waals surface area contributed by atoms with Gasteiger partial charge in [-0.15, -0.1) is 0 Å². The van der Waals surface area contributed by atoms with E-state index >= 15 is 0 Å². The number of carbonyl (C=O) groups excluding carboxylic acids is 2. The molecule has 0 atom stereocenters. The molecule has 29 heavy (non-hydrogen) atoms. The molecule has 1 fully saturated rings. The van der Waals surface area contributed by atoms with Crippen LogP contribution in [0.3, 0.4) is 0 Å². The summed E-state index contributed by atoms with van der Waals surface area (Å²) >= 11 is 4.61. The molecule has 0 radical (unpaired) electrons. The number of aliphatic hydroxyl groups is 1. The van der Waals surface area contributed by atoms with Gasteiger partial charge in [0.15, 0.2) is 0 Å². The lowest BCUT2D eigenvalue weighted by atomic mass is 9.79. The third kappa shape index (κ3) is 10.0. The van der Waals surface area contributed by atoms with Crippen molar-refractivity contribution in [1.82, 2.24) is 14.9 Å². The summed E-state index contributed by atoms with van der Waals surface area (Å²) in [5.41, 5.74) is -0.243. The number of rotatable bonds is 8. The highest BCUT2D eigenvalue weighted by atomic mass is 32.1. The monoisotopic (exact) mass is 443 g/mol. The Balaban J connectivity index is 0.00000379. The number of amides is 2. The van der Waals surface area contributed by atoms with E-state index in [1.54, 1.807) is 0 Å². The number of hydrogen-bond acceptors (Lipinski definition) is 5. The van der Waals surface area contributed by atoms with Crippen molar-refractivity contribution in [1.29, 1.82) is 0 Å². The molecule has 1 saturated heterocycles. The Bertz CT molecular complexity index is 511. The summed E-state index contributed by atoms with van der Waals surface area (Å²) in [6.45, 7) is 8.43. The minimum atomic E-state index is -4.83. The molecular weight excluding hydrogens is 407 g/mol. The Morgan fingerprint density at radius 3 is 2.00 bits per heavy atom. The first-order chi connectivity index (χ1) is 13.3. The molecule has 0 saturated carbocycles. The second-order valence-corrected chi connectivity index (χ2v) is 8.93. The molecule has 6 nitrogen and oxygen atoms in total. The van der Waals surface area contributed by atoms with E-state index in [4.69, 9.17) is 5.11 Å². The summed E-state index contributed by atoms with van der Waals surface area (Å²) < 4.78 is 38.1. The number of unbranched alkanes of at least 4 members (excludes halogenated alkanes) is 3. The number of thiol groups is 1. The second-order valence-electron chi connectivity index (χ2n) is 8.53. The fourth-order valence-electron chi connectivity index (χ4n) is 3.74. The Morgan fingerprint density at radius 2 is 1.52 bits per heavy atom. The van der Waals surface area contributed by atoms with Gasteiger partial charge in [0.25, 0.3) is 0 Å². The van der Waals surface area contributed by atoms with Crippen molar-refractivity contribution >= 4 is 24.6 Å². The van der Waals surface area contributed by atoms with E-state index in [0.29, 0.717) is 25.7 Å². The average Bonchev–Trinajstić information content (AvgIpc) is 2.59. The van der Waals surface area contributed by atoms with Crippen LogP contribution in [0, 0.1) is 0 Å². The minimum Gasteiger partial charge on any atom is -0.400 e. The topological polar surface area (TPSA) is 81.7 Å². The van der Waals surface area contributed by atoms with Crippen molar-refractivity contribution in [2.75, 3.05) is 13.7 Å². The Morgan fingerprint density at radius 1 is 1.03 bits per heavy atom. The van der Waals surface area contributed by atoms with Crippen LogP contribution in [-0.2, 0) is 9.59 Å². The third-order valence-corrected chi connectivity index (χ3v) is 5.96. The lowest BCUT2D eigenvalue weighted by molar-refractivity contribution is -0.173. The molecule has 0 aromatic heterocycles. The highest BCUT2D eigenvalue weighted by Crippen LogP contribution is 2.39. The smallest absolute Gasteiger partial charge is 0.400 e. The molecule has 0 spiro atoms. The van der Waals surface area contributed by atoms with Gasteiger partial charge in [0.05, 0.1) is 0 Å². The number of piperidine rings is 1. The molecule has 0 aromatic rings. The summed E-state index contributed by atoms with van der Waals surface area (Å²) in [7, 11) is 1.00. The van der Waals surface area contributed by atoms with Crippen LogP contribution in [0.5, 0.6) is 0 Å². The second kappa shape index (κ2) is 12.0. The fraction of sp³-hybridized carbons (Fsp3) is 0.895. The highest BCUT2D eigenvalue weighted by molar-refractivity contribution is 7.77. The molecule has 0 unspecified atom stereocenters. The van der Waals surface area contributed by atoms with Crippen LogP contribution in [0.1, 0.15) is 72.6 Å². The predicted molar refractivity (Wildman–Crippen MR) is 110 cm³/mol. The highest BCUT2D eigenvalue weighted by Gasteiger charge is 2.44. The van der Waals surface area contributed by atoms with Crippen molar-refractivity contribution in [2.24, 2.45) is 0 Å². The number of alkyl halides is 3. The van der Waals surface area contributed by atoms with Crippen molar-refractivity contribution < 1.29 is 27.9 Å². The summed E-state index contributed by atoms with van der Waals surface area (Å²) in [5, 5.41) is 11.9. The summed E-state index contributed by atoms with van der Waals surface area (Å²) in [4.78, 5) is 22.8. The van der Waals surface area contributed by atoms with E-state index in [2.05, 4.69) is 50.1 Å². The molecular formula is C19H36F3N3O3S. The molecule has 10 heteroatoms. The normalized spacial score (nSPS) is 19.1. The fourth-order valence-corrected chi connectivity index (χ4v) is 3.90. The lowest BCUT2D eigenvalue weighted by Gasteiger charge is -2.52. The van der Waals surface area contributed by atoms with Crippen LogP contribution in [0.4, 0.5) is 13.2 Å². The maximum Gasteiger partial charge on any atom is 0.471 e. The van der Waals surface area contributed by atoms with Crippen molar-refractivity contribution in [3.05, 3.63) is 0 Å². The number of nitrogens with zero attached hydrogens (tertiary/aromatic N) is 1. The van der Waals surface area contributed by atoms with Crippen molar-refractivity contribution in [3.8, 4) is 0 Å². The molecule has 1 heterocycles. The van der Waals surface area contributed by atoms with Crippen LogP contribution >= 0.6 is 12.8 Å². The molecule has 172 valence electrons. The van der Waals surface area contributed by atoms with E-state index in [1.807, 2.05) is 5.32 Å². The predicted octanol–water partition coefficient (Wildman–Crippen LogP) is 3.21. The number of nitrogens with one attached hydrogen (secondary N) is 2. The molecule has 3 N–H and O–H groups in total. The van der Waals surface area contributed by atoms with Gasteiger partial charge < -0.3 is 15.7 Å². The quantitative estimate of drug-likeness (QED) is 0.343. The first-order valence-corrected chi connectivity index (χ1v) is 10.2. The van der Waals surface area contributed by atoms with Crippen LogP contribution in [0.25, 0.3) is 0 Å². The largest absolute Gasteiger partial charge is 0.471 e. The molecule has 1 aliphatic heterocycles. The van der Waals surface area contributed by atoms with E-state index in [0.717, 1.165) is 26.4 Å². The summed E-state index contributed by atoms with van der Waals surface area (Å²) in [6.07, 6.45) is -0.231. The van der Waals surface area contributed by atoms with Crippen molar-refractivity contribution in [3.63, 3.8) is 0 Å². The van der Waals surface area contributed by atoms with E-state index < -0.39 is 12.1 Å². The number of halogens is 3. The Hall–Kier alpha value is -1.00. The van der Waals surface area contributed by atoms with E-state index in [-0.39, 0.29) is 29.6 Å². The third-order valence-electron chi connectivity index (χ3n) is 4.88. The average molecular weight is 444 g/mol. The Labute approximate surface area is 177 Å². The lowest BCUT2D eigenvalue weighted by Crippen LogP contribution is -2.60. The zero-order valence-electron chi connectivity index (χ0n) is 18.0. The van der Waals surface area contributed by atoms with E-state index in [1.165, 1.54) is 0 Å². The number of carbonyl (C=O) groups is 2. The van der Waals surface area contributed by atoms with Gasteiger partial charge >= 0.3 is 12.1 Å². The SMILES string of the molecule is CC1(C)CC(NC(=O)CCCCCCNC(=O)C(F)(F)F)CC(C)(C)N1S.CO. The van der Waals surface area contributed by atoms with Gasteiger partial charge in [0.2, 0.25) is 5.91 Å². The first-order valence-electron chi connectivity index (χ1n) is 9.84. The maximum absolute atomic E-state index is 12.2. The van der Waals surface area contributed by atoms with Crippen LogP contribution in [0.15, 0.2) is 0 Å². The molecule has 1 rings (SSSR count). The molecule has 0 bridgehead atoms. The minimum absolute atomic E-state index is 0.00297. The number of aliphatic hydroxyl groups excluding tert-OH is 1. The number of hydrogen-bond donors (Lipinski definition) is 4. The Kier molecular flexibility index (Phi) is 11.6. The van der Waals surface area contributed by atoms with Gasteiger partial charge in [-0.25, -0.2) is 4.31 Å². The molecule has 1 aliphatic rings. The molecule has 0 aromatic carbocycles. The van der Waals surface area contributed by atoms with Gasteiger partial charge in [-0.1, -0.05) is 25.7 Å². The zero-order chi connectivity index (χ0) is 22.9. The summed E-state index contributed by atoms with van der Waals surface area (Å²) in [6, 6.07) is 0.100. The van der Waals surface area contributed by atoms with Crippen LogP contribution in [-0.4, -0.2) is 58.2 Å². The van der Waals surface area contributed by atoms with Crippen molar-refractivity contribution in [2.45, 2.75) is 95.9 Å². The van der Waals surface area contributed by atoms with Crippen LogP contribution in [0.2, 0.25) is 0 Å². The maximum atomic E-state index is 12.2. The molecule has 2 amide bonds. The first kappa shape index (κ1) is 28.0. The van der Waals surface area contributed by atoms with Gasteiger partial charge in [0.1, 0.15) is 0 Å².